The summed E-state index contributed by atoms with van der Waals surface area (Å²) in [5.74, 6) is -0.649. The molecule has 3 aromatic rings. The molecule has 10 heteroatoms. The molecule has 242 valence electrons. The molecule has 1 aromatic heterocycles. The zero-order valence-corrected chi connectivity index (χ0v) is 27.0. The van der Waals surface area contributed by atoms with E-state index in [1.54, 1.807) is 26.0 Å². The van der Waals surface area contributed by atoms with E-state index in [1.807, 2.05) is 55.5 Å². The van der Waals surface area contributed by atoms with Crippen molar-refractivity contribution in [3.05, 3.63) is 60.2 Å². The van der Waals surface area contributed by atoms with Gasteiger partial charge in [0.1, 0.15) is 17.4 Å². The van der Waals surface area contributed by atoms with Gasteiger partial charge in [-0.1, -0.05) is 42.5 Å². The van der Waals surface area contributed by atoms with Crippen LogP contribution < -0.4 is 14.8 Å². The lowest BCUT2D eigenvalue weighted by Crippen LogP contribution is -2.50. The number of carbonyl (C=O) groups excluding carboxylic acids is 3. The minimum atomic E-state index is -1.10. The molecule has 2 amide bonds. The zero-order chi connectivity index (χ0) is 32.4. The first-order chi connectivity index (χ1) is 22.3. The predicted octanol–water partition coefficient (Wildman–Crippen LogP) is 5.02. The van der Waals surface area contributed by atoms with Crippen LogP contribution in [0.5, 0.6) is 11.6 Å². The van der Waals surface area contributed by atoms with E-state index >= 15 is 0 Å². The number of amides is 2. The maximum absolute atomic E-state index is 14.0. The Hall–Kier alpha value is -4.47. The first-order valence-corrected chi connectivity index (χ1v) is 16.2. The van der Waals surface area contributed by atoms with Gasteiger partial charge in [-0.05, 0) is 64.5 Å². The summed E-state index contributed by atoms with van der Waals surface area (Å²) < 4.78 is 17.6. The van der Waals surface area contributed by atoms with Crippen LogP contribution in [0.4, 0.5) is 0 Å². The molecule has 5 atom stereocenters. The Kier molecular flexibility index (Phi) is 8.97. The fraction of sp³-hybridized carbons (Fsp3) is 0.472. The number of aromatic nitrogens is 2. The number of fused-ring (bicyclic) bond motifs is 3. The number of aryl methyl sites for hydroxylation is 1. The number of hydrogen-bond acceptors (Lipinski definition) is 8. The van der Waals surface area contributed by atoms with Crippen LogP contribution in [-0.2, 0) is 19.1 Å². The second kappa shape index (κ2) is 13.1. The molecule has 0 radical (unpaired) electrons. The van der Waals surface area contributed by atoms with Crippen LogP contribution in [0.2, 0.25) is 0 Å². The van der Waals surface area contributed by atoms with E-state index in [9.17, 15) is 14.4 Å². The third kappa shape index (κ3) is 6.04. The first-order valence-electron chi connectivity index (χ1n) is 16.2. The summed E-state index contributed by atoms with van der Waals surface area (Å²) in [6.45, 7) is 4.54. The second-order valence-corrected chi connectivity index (χ2v) is 12.6. The number of carbonyl (C=O) groups is 3. The highest BCUT2D eigenvalue weighted by Gasteiger charge is 2.62. The fourth-order valence-corrected chi connectivity index (χ4v) is 6.91. The summed E-state index contributed by atoms with van der Waals surface area (Å²) in [6, 6.07) is 13.4. The minimum Gasteiger partial charge on any atom is -0.496 e. The van der Waals surface area contributed by atoms with Gasteiger partial charge in [0, 0.05) is 30.6 Å². The average molecular weight is 627 g/mol. The topological polar surface area (TPSA) is 120 Å². The summed E-state index contributed by atoms with van der Waals surface area (Å²) in [7, 11) is 3.42. The molecule has 1 aliphatic heterocycles. The van der Waals surface area contributed by atoms with Crippen molar-refractivity contribution in [3.8, 4) is 23.0 Å². The van der Waals surface area contributed by atoms with Crippen molar-refractivity contribution in [2.75, 3.05) is 27.3 Å². The molecular formula is C36H42N4O6. The molecule has 2 aliphatic carbocycles. The minimum absolute atomic E-state index is 0.0884. The van der Waals surface area contributed by atoms with Crippen LogP contribution >= 0.6 is 0 Å². The molecule has 0 saturated heterocycles. The number of rotatable bonds is 6. The Morgan fingerprint density at radius 2 is 1.85 bits per heavy atom. The molecule has 0 spiro atoms. The van der Waals surface area contributed by atoms with Gasteiger partial charge in [0.15, 0.2) is 5.82 Å². The highest BCUT2D eigenvalue weighted by Crippen LogP contribution is 2.47. The lowest BCUT2D eigenvalue weighted by molar-refractivity contribution is -0.150. The molecule has 3 aliphatic rings. The number of methoxy groups -OCH3 is 1. The van der Waals surface area contributed by atoms with Gasteiger partial charge in [-0.15, -0.1) is 0 Å². The summed E-state index contributed by atoms with van der Waals surface area (Å²) in [5.41, 5.74) is 1.30. The maximum Gasteiger partial charge on any atom is 0.332 e. The smallest absolute Gasteiger partial charge is 0.332 e. The average Bonchev–Trinajstić information content (AvgIpc) is 3.59. The van der Waals surface area contributed by atoms with E-state index in [4.69, 9.17) is 24.2 Å². The summed E-state index contributed by atoms with van der Waals surface area (Å²) >= 11 is 0. The summed E-state index contributed by atoms with van der Waals surface area (Å²) in [6.07, 6.45) is 7.38. The standard InChI is InChI=1S/C36H42N4O6/c1-5-45-35(43)36-21-24(36)15-11-6-7-12-18-40(3)34(42)28-20-25(19-27(28)32(41)39-36)46-33-26-16-17-29(44-4)22(2)30(26)37-31(38-33)23-13-9-8-10-14-23/h8-11,13-17,24-25,27-28H,5-7,12,18-21H2,1-4H3,(H,39,41)/t24-,25-,27-,28-,36-/m1/s1. The van der Waals surface area contributed by atoms with Crippen molar-refractivity contribution < 1.29 is 28.6 Å². The lowest BCUT2D eigenvalue weighted by atomic mass is 9.93. The third-order valence-electron chi connectivity index (χ3n) is 9.60. The Morgan fingerprint density at radius 1 is 1.07 bits per heavy atom. The number of nitrogens with zero attached hydrogens (tertiary/aromatic N) is 3. The normalized spacial score (nSPS) is 26.5. The highest BCUT2D eigenvalue weighted by molar-refractivity contribution is 5.95. The van der Waals surface area contributed by atoms with Crippen LogP contribution in [0.1, 0.15) is 51.0 Å². The molecule has 2 aromatic carbocycles. The van der Waals surface area contributed by atoms with Gasteiger partial charge < -0.3 is 24.4 Å². The second-order valence-electron chi connectivity index (χ2n) is 12.6. The van der Waals surface area contributed by atoms with Gasteiger partial charge in [0.05, 0.1) is 36.5 Å². The Morgan fingerprint density at radius 3 is 2.61 bits per heavy atom. The number of benzene rings is 2. The van der Waals surface area contributed by atoms with Crippen molar-refractivity contribution in [2.24, 2.45) is 17.8 Å². The molecule has 6 rings (SSSR count). The van der Waals surface area contributed by atoms with Crippen LogP contribution in [0.25, 0.3) is 22.3 Å². The largest absolute Gasteiger partial charge is 0.496 e. The number of ether oxygens (including phenoxy) is 3. The number of allylic oxidation sites excluding steroid dienone is 1. The molecular weight excluding hydrogens is 584 g/mol. The maximum atomic E-state index is 14.0. The van der Waals surface area contributed by atoms with E-state index in [1.165, 1.54) is 0 Å². The SMILES string of the molecule is CCOC(=O)[C@@]12C[C@H]1C=CCCCCN(C)C(=O)[C@@H]1C[C@H](Oc3nc(-c4ccccc4)nc4c(C)c(OC)ccc34)C[C@H]1C(=O)N2. The van der Waals surface area contributed by atoms with Crippen molar-refractivity contribution in [2.45, 2.75) is 64.0 Å². The Balaban J connectivity index is 1.34. The molecule has 2 fully saturated rings. The van der Waals surface area contributed by atoms with E-state index in [-0.39, 0.29) is 24.3 Å². The van der Waals surface area contributed by atoms with Crippen LogP contribution in [0, 0.1) is 24.7 Å². The van der Waals surface area contributed by atoms with Crippen LogP contribution in [0.15, 0.2) is 54.6 Å². The summed E-state index contributed by atoms with van der Waals surface area (Å²) in [5, 5.41) is 3.77. The Labute approximate surface area is 269 Å². The number of nitrogens with one attached hydrogen (secondary N) is 1. The summed E-state index contributed by atoms with van der Waals surface area (Å²) in [4.78, 5) is 52.5. The molecule has 2 heterocycles. The molecule has 46 heavy (non-hydrogen) atoms. The predicted molar refractivity (Wildman–Crippen MR) is 173 cm³/mol. The first kappa shape index (κ1) is 31.5. The zero-order valence-electron chi connectivity index (χ0n) is 27.0. The van der Waals surface area contributed by atoms with Crippen LogP contribution in [-0.4, -0.2) is 71.6 Å². The van der Waals surface area contributed by atoms with Gasteiger partial charge in [-0.2, -0.15) is 4.98 Å². The van der Waals surface area contributed by atoms with Crippen molar-refractivity contribution in [1.82, 2.24) is 20.2 Å². The fourth-order valence-electron chi connectivity index (χ4n) is 6.91. The van der Waals surface area contributed by atoms with E-state index < -0.39 is 29.4 Å². The van der Waals surface area contributed by atoms with Gasteiger partial charge in [-0.3, -0.25) is 9.59 Å². The molecule has 10 nitrogen and oxygen atoms in total. The van der Waals surface area contributed by atoms with Gasteiger partial charge in [0.25, 0.3) is 0 Å². The van der Waals surface area contributed by atoms with Crippen LogP contribution in [0.3, 0.4) is 0 Å². The molecule has 1 N–H and O–H groups in total. The van der Waals surface area contributed by atoms with Gasteiger partial charge in [-0.25, -0.2) is 9.78 Å². The highest BCUT2D eigenvalue weighted by atomic mass is 16.5. The van der Waals surface area contributed by atoms with Crippen molar-refractivity contribution in [3.63, 3.8) is 0 Å². The third-order valence-corrected chi connectivity index (χ3v) is 9.60. The Bertz CT molecular complexity index is 1660. The van der Waals surface area contributed by atoms with E-state index in [2.05, 4.69) is 11.4 Å². The van der Waals surface area contributed by atoms with Crippen molar-refractivity contribution >= 4 is 28.7 Å². The van der Waals surface area contributed by atoms with Gasteiger partial charge in [0.2, 0.25) is 17.7 Å². The van der Waals surface area contributed by atoms with Crippen molar-refractivity contribution in [1.29, 1.82) is 0 Å². The number of hydrogen-bond donors (Lipinski definition) is 1. The van der Waals surface area contributed by atoms with E-state index in [0.29, 0.717) is 48.8 Å². The molecule has 0 bridgehead atoms. The van der Waals surface area contributed by atoms with Gasteiger partial charge >= 0.3 is 5.97 Å². The van der Waals surface area contributed by atoms with E-state index in [0.717, 1.165) is 35.8 Å². The molecule has 2 saturated carbocycles. The number of esters is 1. The lowest BCUT2D eigenvalue weighted by Gasteiger charge is -2.26. The molecule has 0 unspecified atom stereocenters. The monoisotopic (exact) mass is 626 g/mol. The quantitative estimate of drug-likeness (QED) is 0.299.